The van der Waals surface area contributed by atoms with E-state index in [2.05, 4.69) is 17.0 Å². The Kier molecular flexibility index (Phi) is 5.44. The Labute approximate surface area is 109 Å². The van der Waals surface area contributed by atoms with Crippen LogP contribution in [-0.4, -0.2) is 42.6 Å². The van der Waals surface area contributed by atoms with Crippen molar-refractivity contribution in [2.24, 2.45) is 5.92 Å². The van der Waals surface area contributed by atoms with Crippen LogP contribution in [0.1, 0.15) is 40.0 Å². The zero-order valence-corrected chi connectivity index (χ0v) is 11.7. The van der Waals surface area contributed by atoms with Gasteiger partial charge in [0.05, 0.1) is 7.11 Å². The lowest BCUT2D eigenvalue weighted by molar-refractivity contribution is -0.137. The van der Waals surface area contributed by atoms with Gasteiger partial charge < -0.3 is 15.0 Å². The lowest BCUT2D eigenvalue weighted by Crippen LogP contribution is -2.54. The van der Waals surface area contributed by atoms with Crippen molar-refractivity contribution in [1.29, 1.82) is 0 Å². The standard InChI is InChI=1S/C13H24N2O3/c1-9(2)11(14-13(17)18-4)12(16)15-8-6-5-7-10(15)3/h9-11H,5-8H2,1-4H3,(H,14,17)/t10-,11?/m0/s1. The summed E-state index contributed by atoms with van der Waals surface area (Å²) in [5.41, 5.74) is 0. The molecule has 18 heavy (non-hydrogen) atoms. The Bertz CT molecular complexity index is 305. The molecule has 1 fully saturated rings. The Balaban J connectivity index is 2.72. The Hall–Kier alpha value is -1.26. The zero-order chi connectivity index (χ0) is 13.7. The number of nitrogens with zero attached hydrogens (tertiary/aromatic N) is 1. The summed E-state index contributed by atoms with van der Waals surface area (Å²) in [6.45, 7) is 6.69. The minimum atomic E-state index is -0.549. The summed E-state index contributed by atoms with van der Waals surface area (Å²) >= 11 is 0. The minimum Gasteiger partial charge on any atom is -0.453 e. The highest BCUT2D eigenvalue weighted by atomic mass is 16.5. The van der Waals surface area contributed by atoms with E-state index in [4.69, 9.17) is 0 Å². The van der Waals surface area contributed by atoms with Crippen LogP contribution in [0, 0.1) is 5.92 Å². The number of ether oxygens (including phenoxy) is 1. The molecule has 0 aromatic carbocycles. The number of rotatable bonds is 3. The number of hydrogen-bond acceptors (Lipinski definition) is 3. The molecule has 0 aliphatic carbocycles. The van der Waals surface area contributed by atoms with Gasteiger partial charge >= 0.3 is 6.09 Å². The van der Waals surface area contributed by atoms with Gasteiger partial charge in [-0.05, 0) is 32.1 Å². The summed E-state index contributed by atoms with van der Waals surface area (Å²) in [6, 6.07) is -0.245. The van der Waals surface area contributed by atoms with Crippen molar-refractivity contribution >= 4 is 12.0 Å². The van der Waals surface area contributed by atoms with Crippen molar-refractivity contribution in [3.63, 3.8) is 0 Å². The van der Waals surface area contributed by atoms with E-state index in [1.54, 1.807) is 0 Å². The van der Waals surface area contributed by atoms with Gasteiger partial charge in [0.25, 0.3) is 0 Å². The Morgan fingerprint density at radius 1 is 1.33 bits per heavy atom. The van der Waals surface area contributed by atoms with Gasteiger partial charge in [0.2, 0.25) is 5.91 Å². The van der Waals surface area contributed by atoms with Crippen LogP contribution in [0.4, 0.5) is 4.79 Å². The van der Waals surface area contributed by atoms with Gasteiger partial charge in [-0.2, -0.15) is 0 Å². The first-order valence-corrected chi connectivity index (χ1v) is 6.62. The van der Waals surface area contributed by atoms with E-state index in [1.165, 1.54) is 13.5 Å². The number of likely N-dealkylation sites (tertiary alicyclic amines) is 1. The molecule has 1 N–H and O–H groups in total. The number of carbonyl (C=O) groups excluding carboxylic acids is 2. The first-order chi connectivity index (χ1) is 8.47. The fraction of sp³-hybridized carbons (Fsp3) is 0.846. The maximum absolute atomic E-state index is 12.5. The average molecular weight is 256 g/mol. The second-order valence-corrected chi connectivity index (χ2v) is 5.23. The number of methoxy groups -OCH3 is 1. The summed E-state index contributed by atoms with van der Waals surface area (Å²) in [4.78, 5) is 25.6. The first-order valence-electron chi connectivity index (χ1n) is 6.62. The van der Waals surface area contributed by atoms with Crippen molar-refractivity contribution in [2.45, 2.75) is 52.1 Å². The average Bonchev–Trinajstić information content (AvgIpc) is 2.35. The van der Waals surface area contributed by atoms with Crippen LogP contribution < -0.4 is 5.32 Å². The van der Waals surface area contributed by atoms with Crippen LogP contribution in [0.15, 0.2) is 0 Å². The van der Waals surface area contributed by atoms with Gasteiger partial charge in [0.1, 0.15) is 6.04 Å². The predicted molar refractivity (Wildman–Crippen MR) is 69.2 cm³/mol. The van der Waals surface area contributed by atoms with Gasteiger partial charge in [0, 0.05) is 12.6 Å². The van der Waals surface area contributed by atoms with Crippen LogP contribution in [0.25, 0.3) is 0 Å². The van der Waals surface area contributed by atoms with E-state index in [0.29, 0.717) is 0 Å². The highest BCUT2D eigenvalue weighted by molar-refractivity contribution is 5.86. The van der Waals surface area contributed by atoms with Crippen molar-refractivity contribution in [3.8, 4) is 0 Å². The second kappa shape index (κ2) is 6.61. The van der Waals surface area contributed by atoms with Crippen LogP contribution in [0.5, 0.6) is 0 Å². The monoisotopic (exact) mass is 256 g/mol. The van der Waals surface area contributed by atoms with Gasteiger partial charge in [0.15, 0.2) is 0 Å². The highest BCUT2D eigenvalue weighted by Crippen LogP contribution is 2.19. The minimum absolute atomic E-state index is 0.00241. The molecule has 0 aromatic heterocycles. The van der Waals surface area contributed by atoms with E-state index in [9.17, 15) is 9.59 Å². The molecule has 0 bridgehead atoms. The second-order valence-electron chi connectivity index (χ2n) is 5.23. The molecule has 1 saturated heterocycles. The molecule has 104 valence electrons. The van der Waals surface area contributed by atoms with E-state index in [1.807, 2.05) is 18.7 Å². The number of alkyl carbamates (subject to hydrolysis) is 1. The molecule has 2 amide bonds. The normalized spacial score (nSPS) is 21.6. The first kappa shape index (κ1) is 14.8. The van der Waals surface area contributed by atoms with Gasteiger partial charge in [-0.25, -0.2) is 4.79 Å². The number of nitrogens with one attached hydrogen (secondary N) is 1. The lowest BCUT2D eigenvalue weighted by atomic mass is 9.98. The fourth-order valence-corrected chi connectivity index (χ4v) is 2.30. The molecule has 1 unspecified atom stereocenters. The molecule has 0 aromatic rings. The third-order valence-corrected chi connectivity index (χ3v) is 3.48. The van der Waals surface area contributed by atoms with E-state index in [0.717, 1.165) is 19.4 Å². The molecule has 5 nitrogen and oxygen atoms in total. The molecule has 2 atom stereocenters. The summed E-state index contributed by atoms with van der Waals surface area (Å²) < 4.78 is 4.57. The van der Waals surface area contributed by atoms with Crippen LogP contribution in [0.2, 0.25) is 0 Å². The van der Waals surface area contributed by atoms with Crippen LogP contribution in [-0.2, 0) is 9.53 Å². The molecule has 0 spiro atoms. The molecule has 5 heteroatoms. The molecule has 1 rings (SSSR count). The number of amides is 2. The summed E-state index contributed by atoms with van der Waals surface area (Å²) in [7, 11) is 1.31. The fourth-order valence-electron chi connectivity index (χ4n) is 2.30. The zero-order valence-electron chi connectivity index (χ0n) is 11.7. The molecule has 0 saturated carbocycles. The maximum atomic E-state index is 12.5. The van der Waals surface area contributed by atoms with Crippen molar-refractivity contribution in [1.82, 2.24) is 10.2 Å². The maximum Gasteiger partial charge on any atom is 0.407 e. The quantitative estimate of drug-likeness (QED) is 0.837. The van der Waals surface area contributed by atoms with Crippen LogP contribution >= 0.6 is 0 Å². The number of hydrogen-bond donors (Lipinski definition) is 1. The van der Waals surface area contributed by atoms with E-state index < -0.39 is 12.1 Å². The van der Waals surface area contributed by atoms with Gasteiger partial charge in [-0.3, -0.25) is 4.79 Å². The number of carbonyl (C=O) groups is 2. The molecule has 1 aliphatic rings. The number of piperidine rings is 1. The Morgan fingerprint density at radius 2 is 2.00 bits per heavy atom. The van der Waals surface area contributed by atoms with E-state index >= 15 is 0 Å². The largest absolute Gasteiger partial charge is 0.453 e. The molecule has 1 aliphatic heterocycles. The van der Waals surface area contributed by atoms with E-state index in [-0.39, 0.29) is 17.9 Å². The summed E-state index contributed by atoms with van der Waals surface area (Å²) in [5, 5.41) is 2.63. The molecular weight excluding hydrogens is 232 g/mol. The predicted octanol–water partition coefficient (Wildman–Crippen LogP) is 1.77. The third kappa shape index (κ3) is 3.62. The smallest absolute Gasteiger partial charge is 0.407 e. The molecule has 1 heterocycles. The van der Waals surface area contributed by atoms with Gasteiger partial charge in [-0.1, -0.05) is 13.8 Å². The third-order valence-electron chi connectivity index (χ3n) is 3.48. The van der Waals surface area contributed by atoms with Gasteiger partial charge in [-0.15, -0.1) is 0 Å². The summed E-state index contributed by atoms with van der Waals surface area (Å²) in [6.07, 6.45) is 2.70. The topological polar surface area (TPSA) is 58.6 Å². The SMILES string of the molecule is COC(=O)NC(C(=O)N1CCCC[C@@H]1C)C(C)C. The van der Waals surface area contributed by atoms with Crippen LogP contribution in [0.3, 0.4) is 0 Å². The highest BCUT2D eigenvalue weighted by Gasteiger charge is 2.32. The van der Waals surface area contributed by atoms with Crippen molar-refractivity contribution in [2.75, 3.05) is 13.7 Å². The van der Waals surface area contributed by atoms with Crippen molar-refractivity contribution in [3.05, 3.63) is 0 Å². The molecular formula is C13H24N2O3. The molecule has 0 radical (unpaired) electrons. The van der Waals surface area contributed by atoms with Crippen molar-refractivity contribution < 1.29 is 14.3 Å². The summed E-state index contributed by atoms with van der Waals surface area (Å²) in [5.74, 6) is 0.0494. The lowest BCUT2D eigenvalue weighted by Gasteiger charge is -2.36. The Morgan fingerprint density at radius 3 is 2.50 bits per heavy atom.